The van der Waals surface area contributed by atoms with E-state index in [9.17, 15) is 9.59 Å². The van der Waals surface area contributed by atoms with Gasteiger partial charge in [0.15, 0.2) is 0 Å². The number of halogens is 2. The van der Waals surface area contributed by atoms with Gasteiger partial charge in [-0.1, -0.05) is 59.6 Å². The molecule has 0 spiro atoms. The molecule has 0 bridgehead atoms. The first-order valence-electron chi connectivity index (χ1n) is 11.0. The molecule has 0 aliphatic carbocycles. The molecule has 1 heterocycles. The molecule has 1 N–H and O–H groups in total. The van der Waals surface area contributed by atoms with Gasteiger partial charge in [0, 0.05) is 37.9 Å². The number of carbonyl (C=O) groups excluding carboxylic acids is 2. The van der Waals surface area contributed by atoms with E-state index < -0.39 is 0 Å². The van der Waals surface area contributed by atoms with Crippen LogP contribution in [0.2, 0.25) is 10.0 Å². The molecule has 0 saturated carbocycles. The van der Waals surface area contributed by atoms with Gasteiger partial charge < -0.3 is 15.1 Å². The van der Waals surface area contributed by atoms with Crippen molar-refractivity contribution >= 4 is 52.5 Å². The third-order valence-corrected chi connectivity index (χ3v) is 6.34. The molecule has 1 saturated heterocycles. The van der Waals surface area contributed by atoms with Crippen LogP contribution in [0, 0.1) is 6.92 Å². The minimum Gasteiger partial charge on any atom is -0.367 e. The molecule has 3 aromatic carbocycles. The number of anilines is 2. The lowest BCUT2D eigenvalue weighted by atomic mass is 10.1. The van der Waals surface area contributed by atoms with E-state index in [0.717, 1.165) is 16.8 Å². The van der Waals surface area contributed by atoms with E-state index in [4.69, 9.17) is 23.2 Å². The van der Waals surface area contributed by atoms with Gasteiger partial charge in [0.25, 0.3) is 5.91 Å². The third kappa shape index (κ3) is 5.79. The summed E-state index contributed by atoms with van der Waals surface area (Å²) in [6, 6.07) is 20.5. The average Bonchev–Trinajstić information content (AvgIpc) is 2.83. The Kier molecular flexibility index (Phi) is 7.56. The van der Waals surface area contributed by atoms with E-state index in [2.05, 4.69) is 10.2 Å². The summed E-state index contributed by atoms with van der Waals surface area (Å²) >= 11 is 12.8. The molecule has 1 aliphatic heterocycles. The van der Waals surface area contributed by atoms with E-state index in [1.165, 1.54) is 0 Å². The van der Waals surface area contributed by atoms with Crippen molar-refractivity contribution in [3.8, 4) is 0 Å². The highest BCUT2D eigenvalue weighted by Gasteiger charge is 2.21. The van der Waals surface area contributed by atoms with Gasteiger partial charge in [-0.05, 0) is 54.5 Å². The van der Waals surface area contributed by atoms with Crippen LogP contribution in [-0.2, 0) is 4.79 Å². The van der Waals surface area contributed by atoms with Crippen molar-refractivity contribution < 1.29 is 9.59 Å². The van der Waals surface area contributed by atoms with Crippen molar-refractivity contribution in [3.63, 3.8) is 0 Å². The maximum Gasteiger partial charge on any atom is 0.257 e. The lowest BCUT2D eigenvalue weighted by Crippen LogP contribution is -2.48. The molecule has 174 valence electrons. The number of nitrogens with one attached hydrogen (secondary N) is 1. The van der Waals surface area contributed by atoms with E-state index in [0.29, 0.717) is 47.5 Å². The minimum atomic E-state index is -0.287. The first-order valence-corrected chi connectivity index (χ1v) is 11.8. The molecule has 2 amide bonds. The quantitative estimate of drug-likeness (QED) is 0.449. The van der Waals surface area contributed by atoms with Crippen LogP contribution in [0.3, 0.4) is 0 Å². The van der Waals surface area contributed by atoms with Crippen LogP contribution < -0.4 is 10.2 Å². The van der Waals surface area contributed by atoms with Crippen LogP contribution in [0.25, 0.3) is 6.08 Å². The summed E-state index contributed by atoms with van der Waals surface area (Å²) in [5.74, 6) is -0.285. The van der Waals surface area contributed by atoms with Crippen molar-refractivity contribution in [2.45, 2.75) is 6.92 Å². The number of rotatable bonds is 5. The Morgan fingerprint density at radius 3 is 2.29 bits per heavy atom. The van der Waals surface area contributed by atoms with Gasteiger partial charge >= 0.3 is 0 Å². The van der Waals surface area contributed by atoms with Crippen molar-refractivity contribution in [1.82, 2.24) is 4.90 Å². The molecule has 7 heteroatoms. The van der Waals surface area contributed by atoms with Crippen LogP contribution in [0.5, 0.6) is 0 Å². The standard InChI is InChI=1S/C27H25Cl2N3O2/c1-19-7-10-22(23(28)17-19)27(34)30-21-9-11-25(24(29)18-21)31-13-15-32(16-14-31)26(33)12-8-20-5-3-2-4-6-20/h2-12,17-18H,13-16H2,1H3,(H,30,34)/b12-8+. The molecule has 34 heavy (non-hydrogen) atoms. The molecule has 1 fully saturated rings. The fourth-order valence-corrected chi connectivity index (χ4v) is 4.47. The fraction of sp³-hybridized carbons (Fsp3) is 0.185. The fourth-order valence-electron chi connectivity index (χ4n) is 3.85. The van der Waals surface area contributed by atoms with E-state index >= 15 is 0 Å². The first-order chi connectivity index (χ1) is 16.4. The Bertz CT molecular complexity index is 1220. The van der Waals surface area contributed by atoms with E-state index in [1.807, 2.05) is 66.4 Å². The minimum absolute atomic E-state index is 0.00225. The lowest BCUT2D eigenvalue weighted by Gasteiger charge is -2.36. The second kappa shape index (κ2) is 10.8. The Labute approximate surface area is 209 Å². The van der Waals surface area contributed by atoms with E-state index in [-0.39, 0.29) is 11.8 Å². The number of amides is 2. The maximum absolute atomic E-state index is 12.6. The zero-order chi connectivity index (χ0) is 24.1. The van der Waals surface area contributed by atoms with Crippen molar-refractivity contribution in [3.05, 3.63) is 99.5 Å². The summed E-state index contributed by atoms with van der Waals surface area (Å²) in [6.07, 6.45) is 3.46. The molecule has 0 radical (unpaired) electrons. The van der Waals surface area contributed by atoms with Crippen LogP contribution in [0.4, 0.5) is 11.4 Å². The van der Waals surface area contributed by atoms with E-state index in [1.54, 1.807) is 24.3 Å². The summed E-state index contributed by atoms with van der Waals surface area (Å²) in [6.45, 7) is 4.49. The zero-order valence-corrected chi connectivity index (χ0v) is 20.3. The van der Waals surface area contributed by atoms with Gasteiger partial charge in [-0.15, -0.1) is 0 Å². The number of nitrogens with zero attached hydrogens (tertiary/aromatic N) is 2. The van der Waals surface area contributed by atoms with Crippen LogP contribution in [0.15, 0.2) is 72.8 Å². The highest BCUT2D eigenvalue weighted by Crippen LogP contribution is 2.30. The summed E-state index contributed by atoms with van der Waals surface area (Å²) in [4.78, 5) is 29.1. The predicted molar refractivity (Wildman–Crippen MR) is 140 cm³/mol. The van der Waals surface area contributed by atoms with Crippen LogP contribution in [-0.4, -0.2) is 42.9 Å². The van der Waals surface area contributed by atoms with Gasteiger partial charge in [-0.25, -0.2) is 0 Å². The Morgan fingerprint density at radius 2 is 1.62 bits per heavy atom. The van der Waals surface area contributed by atoms with Gasteiger partial charge in [-0.2, -0.15) is 0 Å². The number of hydrogen-bond donors (Lipinski definition) is 1. The summed E-state index contributed by atoms with van der Waals surface area (Å²) in [5, 5.41) is 3.80. The Balaban J connectivity index is 1.35. The maximum atomic E-state index is 12.6. The van der Waals surface area contributed by atoms with Gasteiger partial charge in [0.1, 0.15) is 0 Å². The molecule has 5 nitrogen and oxygen atoms in total. The van der Waals surface area contributed by atoms with Crippen molar-refractivity contribution in [1.29, 1.82) is 0 Å². The normalized spacial score (nSPS) is 13.9. The molecule has 0 atom stereocenters. The van der Waals surface area contributed by atoms with Gasteiger partial charge in [0.05, 0.1) is 21.3 Å². The average molecular weight is 494 g/mol. The largest absolute Gasteiger partial charge is 0.367 e. The van der Waals surface area contributed by atoms with Gasteiger partial charge in [0.2, 0.25) is 5.91 Å². The summed E-state index contributed by atoms with van der Waals surface area (Å²) < 4.78 is 0. The van der Waals surface area contributed by atoms with Gasteiger partial charge in [-0.3, -0.25) is 9.59 Å². The van der Waals surface area contributed by atoms with Crippen LogP contribution >= 0.6 is 23.2 Å². The first kappa shape index (κ1) is 23.9. The molecular formula is C27H25Cl2N3O2. The number of piperazine rings is 1. The third-order valence-electron chi connectivity index (χ3n) is 5.72. The topological polar surface area (TPSA) is 52.7 Å². The number of hydrogen-bond acceptors (Lipinski definition) is 3. The lowest BCUT2D eigenvalue weighted by molar-refractivity contribution is -0.126. The molecular weight excluding hydrogens is 469 g/mol. The SMILES string of the molecule is Cc1ccc(C(=O)Nc2ccc(N3CCN(C(=O)/C=C/c4ccccc4)CC3)c(Cl)c2)c(Cl)c1. The smallest absolute Gasteiger partial charge is 0.257 e. The zero-order valence-electron chi connectivity index (χ0n) is 18.8. The molecule has 1 aliphatic rings. The number of aryl methyl sites for hydroxylation is 1. The monoisotopic (exact) mass is 493 g/mol. The molecule has 3 aromatic rings. The summed E-state index contributed by atoms with van der Waals surface area (Å²) in [5.41, 5.74) is 3.87. The molecule has 0 aromatic heterocycles. The van der Waals surface area contributed by atoms with Crippen LogP contribution in [0.1, 0.15) is 21.5 Å². The van der Waals surface area contributed by atoms with Crippen molar-refractivity contribution in [2.24, 2.45) is 0 Å². The second-order valence-corrected chi connectivity index (χ2v) is 8.97. The second-order valence-electron chi connectivity index (χ2n) is 8.16. The number of benzene rings is 3. The molecule has 4 rings (SSSR count). The number of carbonyl (C=O) groups is 2. The summed E-state index contributed by atoms with van der Waals surface area (Å²) in [7, 11) is 0. The Morgan fingerprint density at radius 1 is 0.882 bits per heavy atom. The predicted octanol–water partition coefficient (Wildman–Crippen LogP) is 5.92. The van der Waals surface area contributed by atoms with Crippen molar-refractivity contribution in [2.75, 3.05) is 36.4 Å². The Hall–Kier alpha value is -3.28. The highest BCUT2D eigenvalue weighted by atomic mass is 35.5. The highest BCUT2D eigenvalue weighted by molar-refractivity contribution is 6.35. The molecule has 0 unspecified atom stereocenters.